The van der Waals surface area contributed by atoms with Crippen LogP contribution in [0.15, 0.2) is 24.3 Å². The lowest BCUT2D eigenvalue weighted by atomic mass is 10.0. The molecule has 1 fully saturated rings. The molecule has 2 rings (SSSR count). The van der Waals surface area contributed by atoms with Crippen molar-refractivity contribution in [1.82, 2.24) is 0 Å². The highest BCUT2D eigenvalue weighted by atomic mass is 35.5. The normalized spacial score (nSPS) is 30.4. The van der Waals surface area contributed by atoms with E-state index in [1.54, 1.807) is 0 Å². The summed E-state index contributed by atoms with van der Waals surface area (Å²) in [6.45, 7) is 2.21. The van der Waals surface area contributed by atoms with Gasteiger partial charge in [-0.25, -0.2) is 0 Å². The maximum atomic E-state index is 6.31. The quantitative estimate of drug-likeness (QED) is 0.812. The molecule has 1 saturated carbocycles. The Hall–Kier alpha value is -0.530. The molecular weight excluding hydrogens is 194 g/mol. The highest BCUT2D eigenvalue weighted by Gasteiger charge is 2.50. The van der Waals surface area contributed by atoms with E-state index in [1.165, 1.54) is 18.4 Å². The van der Waals surface area contributed by atoms with E-state index in [0.29, 0.717) is 5.92 Å². The van der Waals surface area contributed by atoms with E-state index in [4.69, 9.17) is 17.3 Å². The molecule has 0 bridgehead atoms. The van der Waals surface area contributed by atoms with Crippen LogP contribution < -0.4 is 5.73 Å². The van der Waals surface area contributed by atoms with Crippen LogP contribution in [0, 0.1) is 5.92 Å². The lowest BCUT2D eigenvalue weighted by molar-refractivity contribution is 0.583. The minimum atomic E-state index is -0.0550. The third kappa shape index (κ3) is 1.67. The molecule has 14 heavy (non-hydrogen) atoms. The lowest BCUT2D eigenvalue weighted by Crippen LogP contribution is -2.21. The van der Waals surface area contributed by atoms with Gasteiger partial charge in [0.05, 0.1) is 0 Å². The van der Waals surface area contributed by atoms with Gasteiger partial charge in [-0.3, -0.25) is 0 Å². The molecule has 0 aliphatic heterocycles. The zero-order valence-corrected chi connectivity index (χ0v) is 9.22. The van der Waals surface area contributed by atoms with Gasteiger partial charge >= 0.3 is 0 Å². The van der Waals surface area contributed by atoms with Crippen molar-refractivity contribution in [3.63, 3.8) is 0 Å². The Morgan fingerprint density at radius 1 is 1.43 bits per heavy atom. The summed E-state index contributed by atoms with van der Waals surface area (Å²) in [7, 11) is 0. The third-order valence-corrected chi connectivity index (χ3v) is 3.42. The van der Waals surface area contributed by atoms with Gasteiger partial charge in [0.1, 0.15) is 0 Å². The van der Waals surface area contributed by atoms with Crippen molar-refractivity contribution in [2.45, 2.75) is 31.7 Å². The van der Waals surface area contributed by atoms with Gasteiger partial charge in [-0.05, 0) is 36.5 Å². The number of benzene rings is 1. The molecule has 2 heteroatoms. The molecule has 1 aliphatic carbocycles. The van der Waals surface area contributed by atoms with Crippen LogP contribution >= 0.6 is 11.6 Å². The molecule has 2 atom stereocenters. The Labute approximate surface area is 90.3 Å². The molecule has 76 valence electrons. The number of rotatable bonds is 3. The zero-order valence-electron chi connectivity index (χ0n) is 8.46. The summed E-state index contributed by atoms with van der Waals surface area (Å²) in [4.78, 5) is 0. The molecule has 2 N–H and O–H groups in total. The third-order valence-electron chi connectivity index (χ3n) is 3.17. The first-order valence-electron chi connectivity index (χ1n) is 5.21. The van der Waals surface area contributed by atoms with E-state index in [-0.39, 0.29) is 5.54 Å². The first-order valence-corrected chi connectivity index (χ1v) is 5.59. The van der Waals surface area contributed by atoms with Crippen LogP contribution in [0.25, 0.3) is 0 Å². The maximum absolute atomic E-state index is 6.31. The smallest absolute Gasteiger partial charge is 0.0442 e. The van der Waals surface area contributed by atoms with Crippen LogP contribution in [0.1, 0.15) is 31.7 Å². The first-order chi connectivity index (χ1) is 6.66. The molecule has 1 nitrogen and oxygen atoms in total. The largest absolute Gasteiger partial charge is 0.321 e. The molecule has 1 aliphatic rings. The summed E-state index contributed by atoms with van der Waals surface area (Å²) in [6.07, 6.45) is 3.58. The second kappa shape index (κ2) is 3.56. The fourth-order valence-corrected chi connectivity index (χ4v) is 2.30. The molecule has 0 saturated heterocycles. The molecule has 0 amide bonds. The standard InChI is InChI=1S/C12H16ClN/c1-2-3-10-8-12(10,14)9-4-6-11(13)7-5-9/h4-7,10H,2-3,8,14H2,1H3/t10-,12+/m1/s1. The van der Waals surface area contributed by atoms with Crippen molar-refractivity contribution in [3.8, 4) is 0 Å². The first kappa shape index (κ1) is 10.0. The number of halogens is 1. The molecule has 0 radical (unpaired) electrons. The highest BCUT2D eigenvalue weighted by Crippen LogP contribution is 2.52. The number of hydrogen-bond acceptors (Lipinski definition) is 1. The van der Waals surface area contributed by atoms with E-state index in [2.05, 4.69) is 19.1 Å². The fourth-order valence-electron chi connectivity index (χ4n) is 2.17. The fraction of sp³-hybridized carbons (Fsp3) is 0.500. The SMILES string of the molecule is CCC[C@@H]1C[C@]1(N)c1ccc(Cl)cc1. The van der Waals surface area contributed by atoms with Crippen molar-refractivity contribution in [1.29, 1.82) is 0 Å². The van der Waals surface area contributed by atoms with E-state index in [1.807, 2.05) is 12.1 Å². The molecule has 0 aromatic heterocycles. The number of hydrogen-bond donors (Lipinski definition) is 1. The van der Waals surface area contributed by atoms with Gasteiger partial charge in [-0.1, -0.05) is 37.1 Å². The Kier molecular flexibility index (Phi) is 2.54. The van der Waals surface area contributed by atoms with Crippen LogP contribution in [-0.2, 0) is 5.54 Å². The van der Waals surface area contributed by atoms with E-state index in [0.717, 1.165) is 11.4 Å². The van der Waals surface area contributed by atoms with Gasteiger partial charge in [0, 0.05) is 10.6 Å². The van der Waals surface area contributed by atoms with Crippen molar-refractivity contribution in [2.24, 2.45) is 11.7 Å². The molecule has 0 unspecified atom stereocenters. The zero-order chi connectivity index (χ0) is 10.2. The van der Waals surface area contributed by atoms with Gasteiger partial charge in [-0.2, -0.15) is 0 Å². The highest BCUT2D eigenvalue weighted by molar-refractivity contribution is 6.30. The van der Waals surface area contributed by atoms with Gasteiger partial charge < -0.3 is 5.73 Å². The van der Waals surface area contributed by atoms with Crippen LogP contribution in [0.3, 0.4) is 0 Å². The lowest BCUT2D eigenvalue weighted by Gasteiger charge is -2.11. The summed E-state index contributed by atoms with van der Waals surface area (Å²) >= 11 is 5.84. The molecule has 1 aromatic rings. The monoisotopic (exact) mass is 209 g/mol. The van der Waals surface area contributed by atoms with Gasteiger partial charge in [0.2, 0.25) is 0 Å². The van der Waals surface area contributed by atoms with E-state index < -0.39 is 0 Å². The van der Waals surface area contributed by atoms with Gasteiger partial charge in [0.15, 0.2) is 0 Å². The van der Waals surface area contributed by atoms with Gasteiger partial charge in [-0.15, -0.1) is 0 Å². The molecule has 0 heterocycles. The Balaban J connectivity index is 2.13. The summed E-state index contributed by atoms with van der Waals surface area (Å²) in [5.74, 6) is 0.675. The molecule has 0 spiro atoms. The van der Waals surface area contributed by atoms with E-state index in [9.17, 15) is 0 Å². The minimum Gasteiger partial charge on any atom is -0.321 e. The Morgan fingerprint density at radius 2 is 2.07 bits per heavy atom. The van der Waals surface area contributed by atoms with Crippen molar-refractivity contribution >= 4 is 11.6 Å². The summed E-state index contributed by atoms with van der Waals surface area (Å²) in [5.41, 5.74) is 7.49. The van der Waals surface area contributed by atoms with Crippen LogP contribution in [0.2, 0.25) is 5.02 Å². The predicted octanol–water partition coefficient (Wildman–Crippen LogP) is 3.31. The van der Waals surface area contributed by atoms with E-state index >= 15 is 0 Å². The summed E-state index contributed by atoms with van der Waals surface area (Å²) in [5, 5.41) is 0.782. The summed E-state index contributed by atoms with van der Waals surface area (Å²) < 4.78 is 0. The summed E-state index contributed by atoms with van der Waals surface area (Å²) in [6, 6.07) is 7.95. The van der Waals surface area contributed by atoms with Crippen molar-refractivity contribution in [3.05, 3.63) is 34.9 Å². The Bertz CT molecular complexity index is 320. The van der Waals surface area contributed by atoms with Gasteiger partial charge in [0.25, 0.3) is 0 Å². The topological polar surface area (TPSA) is 26.0 Å². The molecular formula is C12H16ClN. The average Bonchev–Trinajstić information content (AvgIpc) is 2.80. The minimum absolute atomic E-state index is 0.0550. The second-order valence-corrected chi connectivity index (χ2v) is 4.67. The van der Waals surface area contributed by atoms with Crippen LogP contribution in [0.4, 0.5) is 0 Å². The van der Waals surface area contributed by atoms with Crippen LogP contribution in [-0.4, -0.2) is 0 Å². The second-order valence-electron chi connectivity index (χ2n) is 4.24. The Morgan fingerprint density at radius 3 is 2.64 bits per heavy atom. The molecule has 1 aromatic carbocycles. The predicted molar refractivity (Wildman–Crippen MR) is 60.3 cm³/mol. The number of nitrogens with two attached hydrogens (primary N) is 1. The average molecular weight is 210 g/mol. The maximum Gasteiger partial charge on any atom is 0.0442 e. The van der Waals surface area contributed by atoms with Crippen molar-refractivity contribution < 1.29 is 0 Å². The van der Waals surface area contributed by atoms with Crippen LogP contribution in [0.5, 0.6) is 0 Å². The van der Waals surface area contributed by atoms with Crippen molar-refractivity contribution in [2.75, 3.05) is 0 Å².